The zero-order valence-electron chi connectivity index (χ0n) is 13.2. The van der Waals surface area contributed by atoms with Crippen molar-refractivity contribution in [1.82, 2.24) is 9.71 Å². The van der Waals surface area contributed by atoms with Gasteiger partial charge in [0.25, 0.3) is 11.5 Å². The van der Waals surface area contributed by atoms with Gasteiger partial charge in [0.05, 0.1) is 5.69 Å². The van der Waals surface area contributed by atoms with E-state index in [2.05, 4.69) is 10.3 Å². The van der Waals surface area contributed by atoms with Crippen LogP contribution in [0.1, 0.15) is 21.6 Å². The van der Waals surface area contributed by atoms with Gasteiger partial charge in [0.2, 0.25) is 0 Å². The van der Waals surface area contributed by atoms with Crippen molar-refractivity contribution in [2.45, 2.75) is 13.5 Å². The zero-order chi connectivity index (χ0) is 17.8. The number of nitrogens with zero attached hydrogens (tertiary/aromatic N) is 2. The fourth-order valence-corrected chi connectivity index (χ4v) is 2.78. The molecule has 0 aliphatic carbocycles. The maximum atomic E-state index is 13.2. The number of thiazole rings is 1. The van der Waals surface area contributed by atoms with E-state index in [1.54, 1.807) is 17.5 Å². The van der Waals surface area contributed by atoms with E-state index in [-0.39, 0.29) is 18.0 Å². The first-order valence-electron chi connectivity index (χ1n) is 7.36. The molecular formula is C17H14FN3O3S. The SMILES string of the molecule is Cc1csc(NC(=O)c2cccn(OCc3cccc(F)c3)c2=O)n1. The maximum absolute atomic E-state index is 13.2. The Morgan fingerprint density at radius 2 is 2.20 bits per heavy atom. The summed E-state index contributed by atoms with van der Waals surface area (Å²) in [7, 11) is 0. The van der Waals surface area contributed by atoms with Gasteiger partial charge in [-0.25, -0.2) is 9.37 Å². The van der Waals surface area contributed by atoms with Crippen LogP contribution in [0.3, 0.4) is 0 Å². The van der Waals surface area contributed by atoms with Crippen molar-refractivity contribution in [1.29, 1.82) is 0 Å². The molecule has 2 aromatic heterocycles. The lowest BCUT2D eigenvalue weighted by atomic mass is 10.2. The Kier molecular flexibility index (Phi) is 4.90. The van der Waals surface area contributed by atoms with Gasteiger partial charge in [-0.15, -0.1) is 11.3 Å². The van der Waals surface area contributed by atoms with Crippen LogP contribution in [0, 0.1) is 12.7 Å². The Labute approximate surface area is 146 Å². The summed E-state index contributed by atoms with van der Waals surface area (Å²) < 4.78 is 14.1. The molecule has 3 rings (SSSR count). The molecule has 1 aromatic carbocycles. The molecule has 8 heteroatoms. The molecule has 0 saturated carbocycles. The summed E-state index contributed by atoms with van der Waals surface area (Å²) in [4.78, 5) is 34.1. The van der Waals surface area contributed by atoms with E-state index < -0.39 is 11.5 Å². The summed E-state index contributed by atoms with van der Waals surface area (Å²) in [5, 5.41) is 4.79. The predicted octanol–water partition coefficient (Wildman–Crippen LogP) is 2.63. The van der Waals surface area contributed by atoms with Crippen molar-refractivity contribution in [2.75, 3.05) is 5.32 Å². The molecule has 0 fully saturated rings. The van der Waals surface area contributed by atoms with Gasteiger partial charge < -0.3 is 4.84 Å². The summed E-state index contributed by atoms with van der Waals surface area (Å²) in [6, 6.07) is 8.79. The number of aromatic nitrogens is 2. The zero-order valence-corrected chi connectivity index (χ0v) is 14.0. The Morgan fingerprint density at radius 1 is 1.36 bits per heavy atom. The van der Waals surface area contributed by atoms with Gasteiger partial charge in [0.15, 0.2) is 5.13 Å². The van der Waals surface area contributed by atoms with E-state index in [0.29, 0.717) is 10.7 Å². The lowest BCUT2D eigenvalue weighted by Gasteiger charge is -2.09. The minimum Gasteiger partial charge on any atom is -0.406 e. The fraction of sp³-hybridized carbons (Fsp3) is 0.118. The average molecular weight is 359 g/mol. The Hall–Kier alpha value is -3.00. The smallest absolute Gasteiger partial charge is 0.295 e. The molecule has 0 aliphatic rings. The minimum atomic E-state index is -0.607. The topological polar surface area (TPSA) is 73.2 Å². The summed E-state index contributed by atoms with van der Waals surface area (Å²) in [5.41, 5.74) is 0.670. The number of carbonyl (C=O) groups excluding carboxylic acids is 1. The molecule has 0 aliphatic heterocycles. The standard InChI is InChI=1S/C17H14FN3O3S/c1-11-10-25-17(19-11)20-15(22)14-6-3-7-21(16(14)23)24-9-12-4-2-5-13(18)8-12/h2-8,10H,9H2,1H3,(H,19,20,22). The van der Waals surface area contributed by atoms with Gasteiger partial charge >= 0.3 is 0 Å². The first-order chi connectivity index (χ1) is 12.0. The molecule has 0 bridgehead atoms. The van der Waals surface area contributed by atoms with Crippen molar-refractivity contribution >= 4 is 22.4 Å². The number of benzene rings is 1. The van der Waals surface area contributed by atoms with E-state index in [1.165, 1.54) is 41.8 Å². The van der Waals surface area contributed by atoms with Crippen LogP contribution in [0.5, 0.6) is 0 Å². The van der Waals surface area contributed by atoms with Gasteiger partial charge in [-0.2, -0.15) is 4.73 Å². The first-order valence-corrected chi connectivity index (χ1v) is 8.24. The van der Waals surface area contributed by atoms with Gasteiger partial charge in [0.1, 0.15) is 18.0 Å². The van der Waals surface area contributed by atoms with Crippen LogP contribution in [0.2, 0.25) is 0 Å². The summed E-state index contributed by atoms with van der Waals surface area (Å²) >= 11 is 1.27. The van der Waals surface area contributed by atoms with Crippen LogP contribution in [0.15, 0.2) is 52.8 Å². The van der Waals surface area contributed by atoms with E-state index >= 15 is 0 Å². The second-order valence-electron chi connectivity index (χ2n) is 5.20. The lowest BCUT2D eigenvalue weighted by Crippen LogP contribution is -2.32. The van der Waals surface area contributed by atoms with Gasteiger partial charge in [-0.05, 0) is 36.8 Å². The number of anilines is 1. The number of rotatable bonds is 5. The van der Waals surface area contributed by atoms with Crippen LogP contribution < -0.4 is 15.7 Å². The van der Waals surface area contributed by atoms with Crippen molar-refractivity contribution in [2.24, 2.45) is 0 Å². The van der Waals surface area contributed by atoms with Gasteiger partial charge in [0, 0.05) is 11.6 Å². The molecule has 0 spiro atoms. The van der Waals surface area contributed by atoms with Crippen molar-refractivity contribution < 1.29 is 14.0 Å². The molecule has 0 atom stereocenters. The summed E-state index contributed by atoms with van der Waals surface area (Å²) in [5.74, 6) is -0.955. The summed E-state index contributed by atoms with van der Waals surface area (Å²) in [6.45, 7) is 1.80. The number of carbonyl (C=O) groups is 1. The van der Waals surface area contributed by atoms with Crippen LogP contribution >= 0.6 is 11.3 Å². The number of amides is 1. The molecule has 0 radical (unpaired) electrons. The van der Waals surface area contributed by atoms with Crippen LogP contribution in [0.4, 0.5) is 9.52 Å². The molecule has 2 heterocycles. The molecule has 1 N–H and O–H groups in total. The Balaban J connectivity index is 1.75. The second-order valence-corrected chi connectivity index (χ2v) is 6.06. The normalized spacial score (nSPS) is 10.5. The quantitative estimate of drug-likeness (QED) is 0.760. The van der Waals surface area contributed by atoms with E-state index in [1.807, 2.05) is 6.92 Å². The Bertz CT molecular complexity index is 968. The Morgan fingerprint density at radius 3 is 2.92 bits per heavy atom. The first kappa shape index (κ1) is 16.8. The fourth-order valence-electron chi connectivity index (χ4n) is 2.10. The van der Waals surface area contributed by atoms with Crippen LogP contribution in [-0.2, 0) is 6.61 Å². The molecule has 0 saturated heterocycles. The number of nitrogens with one attached hydrogen (secondary N) is 1. The van der Waals surface area contributed by atoms with Gasteiger partial charge in [-0.3, -0.25) is 14.9 Å². The molecular weight excluding hydrogens is 345 g/mol. The average Bonchev–Trinajstić information content (AvgIpc) is 2.99. The molecule has 6 nitrogen and oxygen atoms in total. The summed E-state index contributed by atoms with van der Waals surface area (Å²) in [6.07, 6.45) is 1.39. The number of pyridine rings is 1. The van der Waals surface area contributed by atoms with Crippen molar-refractivity contribution in [3.8, 4) is 0 Å². The van der Waals surface area contributed by atoms with E-state index in [9.17, 15) is 14.0 Å². The number of hydrogen-bond acceptors (Lipinski definition) is 5. The second kappa shape index (κ2) is 7.27. The number of hydrogen-bond donors (Lipinski definition) is 1. The molecule has 3 aromatic rings. The highest BCUT2D eigenvalue weighted by molar-refractivity contribution is 7.13. The molecule has 1 amide bonds. The van der Waals surface area contributed by atoms with Gasteiger partial charge in [-0.1, -0.05) is 12.1 Å². The predicted molar refractivity (Wildman–Crippen MR) is 92.2 cm³/mol. The number of halogens is 1. The van der Waals surface area contributed by atoms with Crippen LogP contribution in [-0.4, -0.2) is 15.6 Å². The third-order valence-electron chi connectivity index (χ3n) is 3.26. The third-order valence-corrected chi connectivity index (χ3v) is 4.13. The number of aryl methyl sites for hydroxylation is 1. The highest BCUT2D eigenvalue weighted by Gasteiger charge is 2.14. The maximum Gasteiger partial charge on any atom is 0.295 e. The highest BCUT2D eigenvalue weighted by Crippen LogP contribution is 2.14. The van der Waals surface area contributed by atoms with E-state index in [4.69, 9.17) is 4.84 Å². The van der Waals surface area contributed by atoms with Crippen molar-refractivity contribution in [3.05, 3.63) is 81.0 Å². The third kappa shape index (κ3) is 4.10. The molecule has 128 valence electrons. The largest absolute Gasteiger partial charge is 0.406 e. The lowest BCUT2D eigenvalue weighted by molar-refractivity contribution is 0.0862. The van der Waals surface area contributed by atoms with Crippen molar-refractivity contribution in [3.63, 3.8) is 0 Å². The van der Waals surface area contributed by atoms with E-state index in [0.717, 1.165) is 10.4 Å². The highest BCUT2D eigenvalue weighted by atomic mass is 32.1. The molecule has 0 unspecified atom stereocenters. The monoisotopic (exact) mass is 359 g/mol. The molecule has 25 heavy (non-hydrogen) atoms. The minimum absolute atomic E-state index is 0.00554. The van der Waals surface area contributed by atoms with Crippen LogP contribution in [0.25, 0.3) is 0 Å².